The third-order valence-corrected chi connectivity index (χ3v) is 2.94. The minimum absolute atomic E-state index is 0.00924. The average molecular weight is 265 g/mol. The molecule has 6 heteroatoms. The molecule has 1 aromatic rings. The van der Waals surface area contributed by atoms with Gasteiger partial charge in [0.2, 0.25) is 0 Å². The summed E-state index contributed by atoms with van der Waals surface area (Å²) in [6.07, 6.45) is 0. The smallest absolute Gasteiger partial charge is 0.441 e. The maximum Gasteiger partial charge on any atom is 0.441 e. The molecule has 2 nitrogen and oxygen atoms in total. The van der Waals surface area contributed by atoms with E-state index in [2.05, 4.69) is 0 Å². The van der Waals surface area contributed by atoms with Crippen molar-refractivity contribution in [2.45, 2.75) is 19.4 Å². The quantitative estimate of drug-likeness (QED) is 0.668. The van der Waals surface area contributed by atoms with Gasteiger partial charge in [-0.1, -0.05) is 6.07 Å². The third-order valence-electron chi connectivity index (χ3n) is 2.24. The van der Waals surface area contributed by atoms with Gasteiger partial charge in [-0.25, -0.2) is 0 Å². The topological polar surface area (TPSA) is 35.2 Å². The molecule has 0 saturated heterocycles. The van der Waals surface area contributed by atoms with Crippen molar-refractivity contribution in [2.75, 3.05) is 18.1 Å². The van der Waals surface area contributed by atoms with E-state index < -0.39 is 5.51 Å². The molecule has 0 bridgehead atoms. The standard InChI is InChI=1S/C11H14F3NOS/c1-7-3-4-9(15)8(2)10(7)16-5-6-17-11(12,13)14/h3-4H,5-6,15H2,1-2H3. The fraction of sp³-hybridized carbons (Fsp3) is 0.455. The minimum Gasteiger partial charge on any atom is -0.492 e. The van der Waals surface area contributed by atoms with Gasteiger partial charge in [-0.05, 0) is 37.2 Å². The molecule has 0 saturated carbocycles. The first kappa shape index (κ1) is 14.0. The number of hydrogen-bond acceptors (Lipinski definition) is 3. The molecule has 17 heavy (non-hydrogen) atoms. The first-order chi connectivity index (χ1) is 7.81. The van der Waals surface area contributed by atoms with Crippen molar-refractivity contribution in [2.24, 2.45) is 0 Å². The summed E-state index contributed by atoms with van der Waals surface area (Å²) in [4.78, 5) is 0. The number of alkyl halides is 3. The number of anilines is 1. The zero-order chi connectivity index (χ0) is 13.1. The lowest BCUT2D eigenvalue weighted by Crippen LogP contribution is -2.09. The molecule has 1 aromatic carbocycles. The zero-order valence-electron chi connectivity index (χ0n) is 9.60. The highest BCUT2D eigenvalue weighted by Gasteiger charge is 2.27. The second kappa shape index (κ2) is 5.53. The molecule has 0 fully saturated rings. The van der Waals surface area contributed by atoms with Crippen LogP contribution in [0, 0.1) is 13.8 Å². The molecular weight excluding hydrogens is 251 g/mol. The number of ether oxygens (including phenoxy) is 1. The van der Waals surface area contributed by atoms with E-state index in [1.165, 1.54) is 0 Å². The Balaban J connectivity index is 2.55. The normalized spacial score (nSPS) is 11.6. The number of hydrogen-bond donors (Lipinski definition) is 1. The van der Waals surface area contributed by atoms with Gasteiger partial charge >= 0.3 is 5.51 Å². The summed E-state index contributed by atoms with van der Waals surface area (Å²) in [5, 5.41) is 0. The Hall–Kier alpha value is -1.04. The van der Waals surface area contributed by atoms with Crippen LogP contribution < -0.4 is 10.5 Å². The summed E-state index contributed by atoms with van der Waals surface area (Å²) >= 11 is -0.0875. The molecule has 0 amide bonds. The molecule has 0 radical (unpaired) electrons. The van der Waals surface area contributed by atoms with E-state index in [0.29, 0.717) is 11.4 Å². The molecule has 0 aliphatic heterocycles. The van der Waals surface area contributed by atoms with Gasteiger partial charge < -0.3 is 10.5 Å². The molecule has 0 aromatic heterocycles. The summed E-state index contributed by atoms with van der Waals surface area (Å²) in [7, 11) is 0. The first-order valence-corrected chi connectivity index (χ1v) is 5.99. The summed E-state index contributed by atoms with van der Waals surface area (Å²) < 4.78 is 41.0. The van der Waals surface area contributed by atoms with E-state index in [1.54, 1.807) is 19.1 Å². The Labute approximate surface area is 102 Å². The predicted molar refractivity (Wildman–Crippen MR) is 64.3 cm³/mol. The van der Waals surface area contributed by atoms with Crippen LogP contribution in [0.15, 0.2) is 12.1 Å². The fourth-order valence-corrected chi connectivity index (χ4v) is 1.76. The largest absolute Gasteiger partial charge is 0.492 e. The number of halogens is 3. The van der Waals surface area contributed by atoms with Gasteiger partial charge in [-0.3, -0.25) is 0 Å². The summed E-state index contributed by atoms with van der Waals surface area (Å²) in [5.74, 6) is 0.449. The molecule has 0 spiro atoms. The summed E-state index contributed by atoms with van der Waals surface area (Å²) in [6, 6.07) is 3.54. The lowest BCUT2D eigenvalue weighted by molar-refractivity contribution is -0.0329. The van der Waals surface area contributed by atoms with Crippen molar-refractivity contribution < 1.29 is 17.9 Å². The molecule has 96 valence electrons. The number of nitrogen functional groups attached to an aromatic ring is 1. The highest BCUT2D eigenvalue weighted by molar-refractivity contribution is 8.00. The van der Waals surface area contributed by atoms with Crippen molar-refractivity contribution in [3.63, 3.8) is 0 Å². The molecule has 0 atom stereocenters. The number of nitrogens with two attached hydrogens (primary N) is 1. The maximum atomic E-state index is 11.9. The summed E-state index contributed by atoms with van der Waals surface area (Å²) in [5.41, 5.74) is 3.71. The van der Waals surface area contributed by atoms with E-state index in [0.717, 1.165) is 11.1 Å². The number of aryl methyl sites for hydroxylation is 1. The lowest BCUT2D eigenvalue weighted by atomic mass is 10.1. The fourth-order valence-electron chi connectivity index (χ4n) is 1.37. The Morgan fingerprint density at radius 2 is 1.94 bits per heavy atom. The van der Waals surface area contributed by atoms with Crippen LogP contribution in [-0.2, 0) is 0 Å². The van der Waals surface area contributed by atoms with E-state index in [-0.39, 0.29) is 24.1 Å². The Kier molecular flexibility index (Phi) is 4.56. The SMILES string of the molecule is Cc1ccc(N)c(C)c1OCCSC(F)(F)F. The van der Waals surface area contributed by atoms with Crippen LogP contribution in [0.2, 0.25) is 0 Å². The van der Waals surface area contributed by atoms with Crippen LogP contribution in [0.1, 0.15) is 11.1 Å². The average Bonchev–Trinajstić information content (AvgIpc) is 2.21. The molecule has 0 heterocycles. The van der Waals surface area contributed by atoms with Gasteiger partial charge in [0.1, 0.15) is 5.75 Å². The van der Waals surface area contributed by atoms with Gasteiger partial charge in [-0.2, -0.15) is 13.2 Å². The van der Waals surface area contributed by atoms with Gasteiger partial charge in [0.15, 0.2) is 0 Å². The highest BCUT2D eigenvalue weighted by Crippen LogP contribution is 2.31. The van der Waals surface area contributed by atoms with Gasteiger partial charge in [0.25, 0.3) is 0 Å². The Bertz CT molecular complexity index is 393. The second-order valence-electron chi connectivity index (χ2n) is 3.57. The van der Waals surface area contributed by atoms with Crippen LogP contribution in [-0.4, -0.2) is 17.9 Å². The maximum absolute atomic E-state index is 11.9. The number of benzene rings is 1. The molecule has 0 unspecified atom stereocenters. The van der Waals surface area contributed by atoms with Crippen molar-refractivity contribution in [3.05, 3.63) is 23.3 Å². The number of thioether (sulfide) groups is 1. The summed E-state index contributed by atoms with van der Waals surface area (Å²) in [6.45, 7) is 3.63. The van der Waals surface area contributed by atoms with Crippen LogP contribution in [0.3, 0.4) is 0 Å². The predicted octanol–water partition coefficient (Wildman–Crippen LogP) is 3.52. The number of rotatable bonds is 4. The Morgan fingerprint density at radius 1 is 1.29 bits per heavy atom. The van der Waals surface area contributed by atoms with Crippen LogP contribution in [0.25, 0.3) is 0 Å². The molecule has 0 aliphatic rings. The van der Waals surface area contributed by atoms with Crippen molar-refractivity contribution in [1.29, 1.82) is 0 Å². The van der Waals surface area contributed by atoms with Gasteiger partial charge in [-0.15, -0.1) is 0 Å². The monoisotopic (exact) mass is 265 g/mol. The first-order valence-electron chi connectivity index (χ1n) is 5.00. The molecule has 2 N–H and O–H groups in total. The van der Waals surface area contributed by atoms with Crippen LogP contribution in [0.4, 0.5) is 18.9 Å². The van der Waals surface area contributed by atoms with Crippen molar-refractivity contribution in [1.82, 2.24) is 0 Å². The van der Waals surface area contributed by atoms with Crippen molar-refractivity contribution >= 4 is 17.4 Å². The van der Waals surface area contributed by atoms with E-state index >= 15 is 0 Å². The highest BCUT2D eigenvalue weighted by atomic mass is 32.2. The van der Waals surface area contributed by atoms with Gasteiger partial charge in [0.05, 0.1) is 6.61 Å². The van der Waals surface area contributed by atoms with Crippen molar-refractivity contribution in [3.8, 4) is 5.75 Å². The van der Waals surface area contributed by atoms with Crippen LogP contribution >= 0.6 is 11.8 Å². The third kappa shape index (κ3) is 4.38. The molecule has 0 aliphatic carbocycles. The molecule has 1 rings (SSSR count). The molecular formula is C11H14F3NOS. The second-order valence-corrected chi connectivity index (χ2v) is 4.73. The van der Waals surface area contributed by atoms with Gasteiger partial charge in [0, 0.05) is 17.0 Å². The van der Waals surface area contributed by atoms with E-state index in [4.69, 9.17) is 10.5 Å². The van der Waals surface area contributed by atoms with E-state index in [9.17, 15) is 13.2 Å². The lowest BCUT2D eigenvalue weighted by Gasteiger charge is -2.13. The van der Waals surface area contributed by atoms with Crippen LogP contribution in [0.5, 0.6) is 5.75 Å². The van der Waals surface area contributed by atoms with E-state index in [1.807, 2.05) is 6.92 Å². The Morgan fingerprint density at radius 3 is 2.53 bits per heavy atom. The minimum atomic E-state index is -4.21. The zero-order valence-corrected chi connectivity index (χ0v) is 10.4.